The molecule has 4 heteroatoms. The van der Waals surface area contributed by atoms with Gasteiger partial charge in [0.2, 0.25) is 0 Å². The molecule has 0 atom stereocenters. The zero-order chi connectivity index (χ0) is 13.2. The maximum Gasteiger partial charge on any atom is 0.184 e. The first kappa shape index (κ1) is 12.6. The van der Waals surface area contributed by atoms with E-state index in [4.69, 9.17) is 0 Å². The van der Waals surface area contributed by atoms with Crippen LogP contribution in [0.2, 0.25) is 0 Å². The minimum absolute atomic E-state index is 0.875. The first-order valence-corrected chi connectivity index (χ1v) is 8.12. The number of thiazole rings is 1. The Balaban J connectivity index is 1.78. The average molecular weight is 288 g/mol. The fraction of sp³-hybridized carbons (Fsp3) is 0.267. The highest BCUT2D eigenvalue weighted by Gasteiger charge is 2.06. The summed E-state index contributed by atoms with van der Waals surface area (Å²) < 4.78 is 1.25. The number of thiophene rings is 1. The van der Waals surface area contributed by atoms with E-state index in [0.717, 1.165) is 23.6 Å². The van der Waals surface area contributed by atoms with Crippen molar-refractivity contribution in [1.82, 2.24) is 4.98 Å². The molecule has 0 fully saturated rings. The van der Waals surface area contributed by atoms with Gasteiger partial charge in [0.15, 0.2) is 5.13 Å². The van der Waals surface area contributed by atoms with Crippen LogP contribution in [0.5, 0.6) is 0 Å². The van der Waals surface area contributed by atoms with Crippen molar-refractivity contribution in [3.8, 4) is 0 Å². The van der Waals surface area contributed by atoms with Gasteiger partial charge < -0.3 is 5.32 Å². The largest absolute Gasteiger partial charge is 0.357 e. The second-order valence-electron chi connectivity index (χ2n) is 4.57. The van der Waals surface area contributed by atoms with Gasteiger partial charge in [0.25, 0.3) is 0 Å². The van der Waals surface area contributed by atoms with Crippen LogP contribution in [0.1, 0.15) is 22.9 Å². The number of anilines is 1. The molecule has 0 aliphatic rings. The summed E-state index contributed by atoms with van der Waals surface area (Å²) in [4.78, 5) is 6.04. The number of nitrogens with zero attached hydrogens (tertiary/aromatic N) is 1. The van der Waals surface area contributed by atoms with Crippen LogP contribution in [0.4, 0.5) is 5.13 Å². The van der Waals surface area contributed by atoms with Crippen molar-refractivity contribution < 1.29 is 0 Å². The molecular formula is C15H16N2S2. The molecule has 3 rings (SSSR count). The van der Waals surface area contributed by atoms with Crippen molar-refractivity contribution in [2.45, 2.75) is 26.8 Å². The van der Waals surface area contributed by atoms with Crippen LogP contribution in [0.15, 0.2) is 29.6 Å². The fourth-order valence-electron chi connectivity index (χ4n) is 2.10. The van der Waals surface area contributed by atoms with Gasteiger partial charge in [-0.25, -0.2) is 4.98 Å². The summed E-state index contributed by atoms with van der Waals surface area (Å²) in [6.07, 6.45) is 1.10. The van der Waals surface area contributed by atoms with Gasteiger partial charge in [-0.15, -0.1) is 11.3 Å². The lowest BCUT2D eigenvalue weighted by Gasteiger charge is -2.02. The van der Waals surface area contributed by atoms with E-state index in [1.54, 1.807) is 11.3 Å². The number of fused-ring (bicyclic) bond motifs is 1. The zero-order valence-electron chi connectivity index (χ0n) is 11.1. The predicted molar refractivity (Wildman–Crippen MR) is 85.4 cm³/mol. The monoisotopic (exact) mass is 288 g/mol. The normalized spacial score (nSPS) is 11.1. The first-order valence-electron chi connectivity index (χ1n) is 6.42. The van der Waals surface area contributed by atoms with Gasteiger partial charge in [-0.3, -0.25) is 0 Å². The quantitative estimate of drug-likeness (QED) is 0.743. The second kappa shape index (κ2) is 5.31. The number of rotatable bonds is 4. The van der Waals surface area contributed by atoms with E-state index in [0.29, 0.717) is 0 Å². The van der Waals surface area contributed by atoms with Crippen LogP contribution >= 0.6 is 22.7 Å². The molecule has 0 saturated carbocycles. The maximum atomic E-state index is 4.62. The summed E-state index contributed by atoms with van der Waals surface area (Å²) >= 11 is 3.55. The molecule has 19 heavy (non-hydrogen) atoms. The summed E-state index contributed by atoms with van der Waals surface area (Å²) in [7, 11) is 0. The third-order valence-electron chi connectivity index (χ3n) is 3.16. The molecule has 2 heterocycles. The van der Waals surface area contributed by atoms with Gasteiger partial charge in [-0.2, -0.15) is 0 Å². The molecule has 0 bridgehead atoms. The van der Waals surface area contributed by atoms with Crippen LogP contribution in [-0.4, -0.2) is 4.98 Å². The van der Waals surface area contributed by atoms with E-state index in [-0.39, 0.29) is 0 Å². The molecule has 2 aromatic heterocycles. The molecular weight excluding hydrogens is 272 g/mol. The topological polar surface area (TPSA) is 24.9 Å². The molecule has 98 valence electrons. The first-order chi connectivity index (χ1) is 9.26. The van der Waals surface area contributed by atoms with Gasteiger partial charge in [-0.05, 0) is 48.1 Å². The van der Waals surface area contributed by atoms with E-state index in [9.17, 15) is 0 Å². The van der Waals surface area contributed by atoms with E-state index < -0.39 is 0 Å². The molecule has 0 radical (unpaired) electrons. The van der Waals surface area contributed by atoms with Gasteiger partial charge in [0.1, 0.15) is 0 Å². The molecule has 0 saturated heterocycles. The average Bonchev–Trinajstić information content (AvgIpc) is 3.01. The van der Waals surface area contributed by atoms with E-state index in [1.807, 2.05) is 11.3 Å². The van der Waals surface area contributed by atoms with E-state index in [1.165, 1.54) is 20.7 Å². The number of benzene rings is 1. The van der Waals surface area contributed by atoms with Gasteiger partial charge >= 0.3 is 0 Å². The number of hydrogen-bond acceptors (Lipinski definition) is 4. The van der Waals surface area contributed by atoms with Crippen LogP contribution in [0, 0.1) is 6.92 Å². The Hall–Kier alpha value is -1.39. The van der Waals surface area contributed by atoms with Crippen molar-refractivity contribution in [3.05, 3.63) is 45.6 Å². The summed E-state index contributed by atoms with van der Waals surface area (Å²) in [5.74, 6) is 0. The molecule has 0 aliphatic heterocycles. The lowest BCUT2D eigenvalue weighted by atomic mass is 10.2. The lowest BCUT2D eigenvalue weighted by Crippen LogP contribution is -1.98. The molecule has 0 unspecified atom stereocenters. The van der Waals surface area contributed by atoms with Crippen molar-refractivity contribution in [3.63, 3.8) is 0 Å². The number of nitrogens with one attached hydrogen (secondary N) is 1. The molecule has 3 aromatic rings. The number of hydrogen-bond donors (Lipinski definition) is 1. The van der Waals surface area contributed by atoms with Crippen LogP contribution in [-0.2, 0) is 13.0 Å². The van der Waals surface area contributed by atoms with Crippen LogP contribution in [0.3, 0.4) is 0 Å². The van der Waals surface area contributed by atoms with Crippen molar-refractivity contribution in [1.29, 1.82) is 0 Å². The van der Waals surface area contributed by atoms with E-state index in [2.05, 4.69) is 53.8 Å². The van der Waals surface area contributed by atoms with Crippen molar-refractivity contribution >= 4 is 38.0 Å². The zero-order valence-corrected chi connectivity index (χ0v) is 12.7. The highest BCUT2D eigenvalue weighted by Crippen LogP contribution is 2.27. The Morgan fingerprint density at radius 1 is 1.26 bits per heavy atom. The van der Waals surface area contributed by atoms with Gasteiger partial charge in [-0.1, -0.05) is 24.3 Å². The van der Waals surface area contributed by atoms with Crippen molar-refractivity contribution in [2.75, 3.05) is 5.32 Å². The van der Waals surface area contributed by atoms with Crippen LogP contribution < -0.4 is 5.32 Å². The maximum absolute atomic E-state index is 4.62. The highest BCUT2D eigenvalue weighted by atomic mass is 32.1. The Bertz CT molecular complexity index is 697. The molecule has 0 aliphatic carbocycles. The Morgan fingerprint density at radius 3 is 3.00 bits per heavy atom. The predicted octanol–water partition coefficient (Wildman–Crippen LogP) is 4.84. The summed E-state index contributed by atoms with van der Waals surface area (Å²) in [6.45, 7) is 5.19. The minimum atomic E-state index is 0.875. The molecule has 1 aromatic carbocycles. The Morgan fingerprint density at radius 2 is 2.16 bits per heavy atom. The second-order valence-corrected chi connectivity index (χ2v) is 6.60. The third kappa shape index (κ3) is 2.65. The third-order valence-corrected chi connectivity index (χ3v) is 5.10. The number of aryl methyl sites for hydroxylation is 2. The van der Waals surface area contributed by atoms with Gasteiger partial charge in [0, 0.05) is 4.88 Å². The Kier molecular flexibility index (Phi) is 3.53. The summed E-state index contributed by atoms with van der Waals surface area (Å²) in [5, 5.41) is 6.62. The molecule has 0 spiro atoms. The molecule has 0 amide bonds. The fourth-order valence-corrected chi connectivity index (χ4v) is 3.98. The SMILES string of the molecule is CCc1ccsc1CNc1nc2ccc(C)cc2s1. The van der Waals surface area contributed by atoms with Gasteiger partial charge in [0.05, 0.1) is 16.8 Å². The lowest BCUT2D eigenvalue weighted by molar-refractivity contribution is 1.08. The van der Waals surface area contributed by atoms with E-state index >= 15 is 0 Å². The Labute approximate surface area is 121 Å². The molecule has 1 N–H and O–H groups in total. The standard InChI is InChI=1S/C15H16N2S2/c1-3-11-6-7-18-14(11)9-16-15-17-12-5-4-10(2)8-13(12)19-15/h4-8H,3,9H2,1-2H3,(H,16,17). The summed E-state index contributed by atoms with van der Waals surface area (Å²) in [6, 6.07) is 8.61. The van der Waals surface area contributed by atoms with Crippen molar-refractivity contribution in [2.24, 2.45) is 0 Å². The summed E-state index contributed by atoms with van der Waals surface area (Å²) in [5.41, 5.74) is 3.81. The van der Waals surface area contributed by atoms with Crippen LogP contribution in [0.25, 0.3) is 10.2 Å². The minimum Gasteiger partial charge on any atom is -0.357 e. The molecule has 2 nitrogen and oxygen atoms in total. The number of aromatic nitrogens is 1. The smallest absolute Gasteiger partial charge is 0.184 e. The highest BCUT2D eigenvalue weighted by molar-refractivity contribution is 7.22.